The SMILES string of the molecule is COC/C=C/C1CN(C)CCC1Nc1ccnc(N)c1. The van der Waals surface area contributed by atoms with E-state index in [1.807, 2.05) is 12.1 Å². The Labute approximate surface area is 120 Å². The first-order valence-electron chi connectivity index (χ1n) is 7.01. The van der Waals surface area contributed by atoms with Crippen LogP contribution in [0.15, 0.2) is 30.5 Å². The minimum atomic E-state index is 0.418. The molecule has 0 radical (unpaired) electrons. The number of nitrogens with one attached hydrogen (secondary N) is 1. The van der Waals surface area contributed by atoms with Crippen molar-refractivity contribution in [3.63, 3.8) is 0 Å². The minimum Gasteiger partial charge on any atom is -0.384 e. The zero-order chi connectivity index (χ0) is 14.4. The molecule has 5 heteroatoms. The summed E-state index contributed by atoms with van der Waals surface area (Å²) in [6.45, 7) is 2.82. The van der Waals surface area contributed by atoms with E-state index in [9.17, 15) is 0 Å². The van der Waals surface area contributed by atoms with Crippen LogP contribution in [0, 0.1) is 5.92 Å². The van der Waals surface area contributed by atoms with Gasteiger partial charge in [-0.05, 0) is 26.1 Å². The molecule has 1 aliphatic heterocycles. The largest absolute Gasteiger partial charge is 0.384 e. The van der Waals surface area contributed by atoms with Gasteiger partial charge in [-0.15, -0.1) is 0 Å². The highest BCUT2D eigenvalue weighted by atomic mass is 16.5. The van der Waals surface area contributed by atoms with Gasteiger partial charge in [0.25, 0.3) is 0 Å². The van der Waals surface area contributed by atoms with E-state index in [0.29, 0.717) is 24.4 Å². The third-order valence-corrected chi connectivity index (χ3v) is 3.64. The Kier molecular flexibility index (Phi) is 5.38. The topological polar surface area (TPSA) is 63.4 Å². The quantitative estimate of drug-likeness (QED) is 0.800. The number of nitrogens with zero attached hydrogens (tertiary/aromatic N) is 2. The van der Waals surface area contributed by atoms with E-state index in [0.717, 1.165) is 25.2 Å². The molecule has 110 valence electrons. The van der Waals surface area contributed by atoms with E-state index in [-0.39, 0.29) is 0 Å². The van der Waals surface area contributed by atoms with Crippen molar-refractivity contribution in [2.24, 2.45) is 5.92 Å². The summed E-state index contributed by atoms with van der Waals surface area (Å²) >= 11 is 0. The average molecular weight is 276 g/mol. The number of methoxy groups -OCH3 is 1. The molecule has 0 aromatic carbocycles. The monoisotopic (exact) mass is 276 g/mol. The first-order valence-corrected chi connectivity index (χ1v) is 7.01. The second kappa shape index (κ2) is 7.26. The van der Waals surface area contributed by atoms with Gasteiger partial charge in [0.05, 0.1) is 6.61 Å². The highest BCUT2D eigenvalue weighted by Gasteiger charge is 2.25. The molecule has 0 amide bonds. The van der Waals surface area contributed by atoms with Gasteiger partial charge in [-0.25, -0.2) is 4.98 Å². The Hall–Kier alpha value is -1.59. The van der Waals surface area contributed by atoms with Crippen molar-refractivity contribution in [1.29, 1.82) is 0 Å². The zero-order valence-electron chi connectivity index (χ0n) is 12.2. The Morgan fingerprint density at radius 3 is 3.20 bits per heavy atom. The molecule has 2 rings (SSSR count). The fraction of sp³-hybridized carbons (Fsp3) is 0.533. The van der Waals surface area contributed by atoms with Crippen LogP contribution in [0.5, 0.6) is 0 Å². The predicted molar refractivity (Wildman–Crippen MR) is 82.7 cm³/mol. The molecule has 5 nitrogen and oxygen atoms in total. The lowest BCUT2D eigenvalue weighted by molar-refractivity contribution is 0.217. The first-order chi connectivity index (χ1) is 9.69. The Balaban J connectivity index is 2.02. The summed E-state index contributed by atoms with van der Waals surface area (Å²) in [5, 5.41) is 3.58. The lowest BCUT2D eigenvalue weighted by Crippen LogP contribution is -2.44. The fourth-order valence-corrected chi connectivity index (χ4v) is 2.60. The molecule has 1 aromatic rings. The van der Waals surface area contributed by atoms with Crippen LogP contribution in [0.1, 0.15) is 6.42 Å². The molecule has 1 aromatic heterocycles. The molecule has 2 heterocycles. The lowest BCUT2D eigenvalue weighted by atomic mass is 9.91. The third kappa shape index (κ3) is 4.21. The normalized spacial score (nSPS) is 24.1. The summed E-state index contributed by atoms with van der Waals surface area (Å²) in [5.74, 6) is 1.02. The second-order valence-electron chi connectivity index (χ2n) is 5.32. The highest BCUT2D eigenvalue weighted by Crippen LogP contribution is 2.22. The van der Waals surface area contributed by atoms with Crippen LogP contribution in [0.25, 0.3) is 0 Å². The molecular weight excluding hydrogens is 252 g/mol. The molecule has 0 aliphatic carbocycles. The van der Waals surface area contributed by atoms with Gasteiger partial charge in [-0.1, -0.05) is 12.2 Å². The molecule has 2 unspecified atom stereocenters. The molecule has 20 heavy (non-hydrogen) atoms. The van der Waals surface area contributed by atoms with Crippen molar-refractivity contribution in [3.8, 4) is 0 Å². The highest BCUT2D eigenvalue weighted by molar-refractivity contribution is 5.50. The van der Waals surface area contributed by atoms with Crippen LogP contribution in [0.4, 0.5) is 11.5 Å². The van der Waals surface area contributed by atoms with Crippen LogP contribution in [-0.4, -0.2) is 49.8 Å². The van der Waals surface area contributed by atoms with Gasteiger partial charge in [0.1, 0.15) is 5.82 Å². The smallest absolute Gasteiger partial charge is 0.125 e. The number of hydrogen-bond donors (Lipinski definition) is 2. The van der Waals surface area contributed by atoms with Crippen molar-refractivity contribution in [2.75, 3.05) is 44.9 Å². The van der Waals surface area contributed by atoms with Crippen molar-refractivity contribution in [3.05, 3.63) is 30.5 Å². The van der Waals surface area contributed by atoms with Crippen LogP contribution in [0.2, 0.25) is 0 Å². The Morgan fingerprint density at radius 2 is 2.45 bits per heavy atom. The molecule has 1 saturated heterocycles. The van der Waals surface area contributed by atoms with Crippen molar-refractivity contribution >= 4 is 11.5 Å². The molecule has 0 bridgehead atoms. The van der Waals surface area contributed by atoms with Crippen LogP contribution in [-0.2, 0) is 4.74 Å². The maximum Gasteiger partial charge on any atom is 0.125 e. The first kappa shape index (κ1) is 14.8. The third-order valence-electron chi connectivity index (χ3n) is 3.64. The Morgan fingerprint density at radius 1 is 1.60 bits per heavy atom. The average Bonchev–Trinajstić information content (AvgIpc) is 2.42. The van der Waals surface area contributed by atoms with E-state index in [1.54, 1.807) is 13.3 Å². The van der Waals surface area contributed by atoms with E-state index >= 15 is 0 Å². The zero-order valence-corrected chi connectivity index (χ0v) is 12.2. The number of piperidine rings is 1. The molecule has 3 N–H and O–H groups in total. The number of aromatic nitrogens is 1. The van der Waals surface area contributed by atoms with Crippen molar-refractivity contribution in [2.45, 2.75) is 12.5 Å². The van der Waals surface area contributed by atoms with Gasteiger partial charge < -0.3 is 20.7 Å². The number of anilines is 2. The summed E-state index contributed by atoms with van der Waals surface area (Å²) < 4.78 is 5.08. The summed E-state index contributed by atoms with van der Waals surface area (Å²) in [5.41, 5.74) is 6.77. The van der Waals surface area contributed by atoms with Crippen molar-refractivity contribution < 1.29 is 4.74 Å². The minimum absolute atomic E-state index is 0.418. The van der Waals surface area contributed by atoms with Gasteiger partial charge in [0, 0.05) is 43.6 Å². The second-order valence-corrected chi connectivity index (χ2v) is 5.32. The van der Waals surface area contributed by atoms with Crippen LogP contribution >= 0.6 is 0 Å². The predicted octanol–water partition coefficient (Wildman–Crippen LogP) is 1.60. The van der Waals surface area contributed by atoms with Crippen LogP contribution in [0.3, 0.4) is 0 Å². The van der Waals surface area contributed by atoms with Gasteiger partial charge in [-0.2, -0.15) is 0 Å². The Bertz CT molecular complexity index is 449. The van der Waals surface area contributed by atoms with E-state index < -0.39 is 0 Å². The molecule has 2 atom stereocenters. The van der Waals surface area contributed by atoms with E-state index in [1.165, 1.54) is 0 Å². The van der Waals surface area contributed by atoms with E-state index in [2.05, 4.69) is 34.4 Å². The molecule has 0 spiro atoms. The maximum absolute atomic E-state index is 5.73. The number of nitrogens with two attached hydrogens (primary N) is 1. The summed E-state index contributed by atoms with van der Waals surface area (Å²) in [4.78, 5) is 6.39. The lowest BCUT2D eigenvalue weighted by Gasteiger charge is -2.36. The number of pyridine rings is 1. The van der Waals surface area contributed by atoms with Crippen LogP contribution < -0.4 is 11.1 Å². The fourth-order valence-electron chi connectivity index (χ4n) is 2.60. The molecule has 1 aliphatic rings. The standard InChI is InChI=1S/C15H24N4O/c1-19-8-6-14(12(11-19)4-3-9-20-2)18-13-5-7-17-15(16)10-13/h3-5,7,10,12,14H,6,8-9,11H2,1-2H3,(H3,16,17,18)/b4-3+. The van der Waals surface area contributed by atoms with Gasteiger partial charge in [-0.3, -0.25) is 0 Å². The van der Waals surface area contributed by atoms with Gasteiger partial charge in [0.2, 0.25) is 0 Å². The number of hydrogen-bond acceptors (Lipinski definition) is 5. The summed E-state index contributed by atoms with van der Waals surface area (Å²) in [6.07, 6.45) is 7.20. The number of nitrogen functional groups attached to an aromatic ring is 1. The molecular formula is C15H24N4O. The van der Waals surface area contributed by atoms with Gasteiger partial charge >= 0.3 is 0 Å². The number of ether oxygens (including phenoxy) is 1. The number of rotatable bonds is 5. The maximum atomic E-state index is 5.73. The van der Waals surface area contributed by atoms with Crippen molar-refractivity contribution in [1.82, 2.24) is 9.88 Å². The number of likely N-dealkylation sites (tertiary alicyclic amines) is 1. The van der Waals surface area contributed by atoms with Gasteiger partial charge in [0.15, 0.2) is 0 Å². The molecule has 1 fully saturated rings. The van der Waals surface area contributed by atoms with E-state index in [4.69, 9.17) is 10.5 Å². The summed E-state index contributed by atoms with van der Waals surface area (Å²) in [7, 11) is 3.88. The molecule has 0 saturated carbocycles. The summed E-state index contributed by atoms with van der Waals surface area (Å²) in [6, 6.07) is 4.26.